The van der Waals surface area contributed by atoms with Crippen molar-refractivity contribution in [1.82, 2.24) is 10.2 Å². The molecule has 0 bridgehead atoms. The predicted molar refractivity (Wildman–Crippen MR) is 155 cm³/mol. The van der Waals surface area contributed by atoms with E-state index in [2.05, 4.69) is 5.32 Å². The van der Waals surface area contributed by atoms with Crippen LogP contribution < -0.4 is 9.62 Å². The van der Waals surface area contributed by atoms with E-state index in [0.29, 0.717) is 15.9 Å². The smallest absolute Gasteiger partial charge is 0.352 e. The number of nitrogens with one attached hydrogen (secondary N) is 1. The summed E-state index contributed by atoms with van der Waals surface area (Å²) in [6.07, 6.45) is -0.0808. The van der Waals surface area contributed by atoms with Gasteiger partial charge in [-0.3, -0.25) is 13.9 Å². The Bertz CT molecular complexity index is 1460. The minimum atomic E-state index is -4.71. The zero-order valence-corrected chi connectivity index (χ0v) is 24.1. The van der Waals surface area contributed by atoms with Crippen LogP contribution in [0.3, 0.4) is 0 Å². The second-order valence-corrected chi connectivity index (χ2v) is 12.4. The van der Waals surface area contributed by atoms with E-state index in [1.165, 1.54) is 11.0 Å². The molecule has 224 valence electrons. The molecule has 1 atom stereocenters. The minimum Gasteiger partial charge on any atom is -0.352 e. The van der Waals surface area contributed by atoms with Gasteiger partial charge in [-0.1, -0.05) is 79.6 Å². The molecule has 11 heteroatoms. The fourth-order valence-corrected chi connectivity index (χ4v) is 5.99. The zero-order valence-electron chi connectivity index (χ0n) is 23.3. The molecule has 3 aromatic rings. The number of benzene rings is 3. The summed E-state index contributed by atoms with van der Waals surface area (Å²) in [5.41, 5.74) is 0.172. The van der Waals surface area contributed by atoms with Crippen LogP contribution in [0.4, 0.5) is 18.9 Å². The highest BCUT2D eigenvalue weighted by Gasteiger charge is 2.35. The molecule has 7 nitrogen and oxygen atoms in total. The Balaban J connectivity index is 1.72. The second-order valence-electron chi connectivity index (χ2n) is 10.5. The summed E-state index contributed by atoms with van der Waals surface area (Å²) in [5, 5.41) is 3.07. The molecule has 1 aliphatic carbocycles. The lowest BCUT2D eigenvalue weighted by Gasteiger charge is -2.34. The molecule has 0 heterocycles. The van der Waals surface area contributed by atoms with Crippen molar-refractivity contribution in [3.63, 3.8) is 0 Å². The first-order valence-corrected chi connectivity index (χ1v) is 15.6. The minimum absolute atomic E-state index is 0.00451. The standard InChI is InChI=1S/C31H34F3N3O4S/c1-42(40,41)37(27-18-10-15-25(20-27)31(32,33)34)22-29(38)36(21-24-13-6-3-7-14-24)28(19-23-11-4-2-5-12-23)30(39)35-26-16-8-9-17-26/h2-7,10-15,18,20,26,28H,8-9,16-17,19,21-22H2,1H3,(H,35,39)/t28-/m1/s1. The van der Waals surface area contributed by atoms with Crippen molar-refractivity contribution in [2.24, 2.45) is 0 Å². The van der Waals surface area contributed by atoms with E-state index >= 15 is 0 Å². The van der Waals surface area contributed by atoms with Gasteiger partial charge in [-0.2, -0.15) is 13.2 Å². The van der Waals surface area contributed by atoms with Crippen LogP contribution in [0.1, 0.15) is 42.4 Å². The van der Waals surface area contributed by atoms with Crippen molar-refractivity contribution in [2.75, 3.05) is 17.1 Å². The third-order valence-corrected chi connectivity index (χ3v) is 8.45. The van der Waals surface area contributed by atoms with E-state index in [-0.39, 0.29) is 30.6 Å². The van der Waals surface area contributed by atoms with Crippen molar-refractivity contribution in [1.29, 1.82) is 0 Å². The SMILES string of the molecule is CS(=O)(=O)N(CC(=O)N(Cc1ccccc1)[C@H](Cc1ccccc1)C(=O)NC1CCCC1)c1cccc(C(F)(F)F)c1. The summed E-state index contributed by atoms with van der Waals surface area (Å²) in [6, 6.07) is 20.9. The predicted octanol–water partition coefficient (Wildman–Crippen LogP) is 5.17. The molecular formula is C31H34F3N3O4S. The van der Waals surface area contributed by atoms with Gasteiger partial charge in [-0.15, -0.1) is 0 Å². The fraction of sp³-hybridized carbons (Fsp3) is 0.355. The lowest BCUT2D eigenvalue weighted by atomic mass is 10.0. The third kappa shape index (κ3) is 8.34. The summed E-state index contributed by atoms with van der Waals surface area (Å²) in [4.78, 5) is 29.2. The zero-order chi connectivity index (χ0) is 30.3. The molecular weight excluding hydrogens is 567 g/mol. The molecule has 0 aliphatic heterocycles. The molecule has 0 saturated heterocycles. The first kappa shape index (κ1) is 31.1. The molecule has 4 rings (SSSR count). The average molecular weight is 602 g/mol. The summed E-state index contributed by atoms with van der Waals surface area (Å²) >= 11 is 0. The number of alkyl halides is 3. The number of amides is 2. The van der Waals surface area contributed by atoms with Gasteiger partial charge in [0.1, 0.15) is 12.6 Å². The Morgan fingerprint density at radius 1 is 0.905 bits per heavy atom. The molecule has 1 N–H and O–H groups in total. The number of nitrogens with zero attached hydrogens (tertiary/aromatic N) is 2. The summed E-state index contributed by atoms with van der Waals surface area (Å²) < 4.78 is 66.6. The number of hydrogen-bond acceptors (Lipinski definition) is 4. The van der Waals surface area contributed by atoms with Gasteiger partial charge in [0, 0.05) is 19.0 Å². The van der Waals surface area contributed by atoms with Gasteiger partial charge in [0.25, 0.3) is 0 Å². The number of halogens is 3. The van der Waals surface area contributed by atoms with Crippen LogP contribution in [-0.4, -0.2) is 50.0 Å². The quantitative estimate of drug-likeness (QED) is 0.329. The Morgan fingerprint density at radius 2 is 1.50 bits per heavy atom. The van der Waals surface area contributed by atoms with Crippen molar-refractivity contribution in [3.8, 4) is 0 Å². The average Bonchev–Trinajstić information content (AvgIpc) is 3.46. The molecule has 2 amide bonds. The number of rotatable bonds is 11. The van der Waals surface area contributed by atoms with Crippen molar-refractivity contribution in [2.45, 2.75) is 56.9 Å². The maximum absolute atomic E-state index is 14.1. The largest absolute Gasteiger partial charge is 0.416 e. The van der Waals surface area contributed by atoms with Crippen LogP contribution in [-0.2, 0) is 38.8 Å². The summed E-state index contributed by atoms with van der Waals surface area (Å²) in [6.45, 7) is -0.787. The molecule has 1 saturated carbocycles. The molecule has 3 aromatic carbocycles. The summed E-state index contributed by atoms with van der Waals surface area (Å²) in [7, 11) is -4.19. The Hall–Kier alpha value is -3.86. The topological polar surface area (TPSA) is 86.8 Å². The Morgan fingerprint density at radius 3 is 2.07 bits per heavy atom. The van der Waals surface area contributed by atoms with Crippen LogP contribution in [0.25, 0.3) is 0 Å². The fourth-order valence-electron chi connectivity index (χ4n) is 5.15. The van der Waals surface area contributed by atoms with Gasteiger partial charge in [0.15, 0.2) is 0 Å². The lowest BCUT2D eigenvalue weighted by Crippen LogP contribution is -2.54. The second kappa shape index (κ2) is 13.4. The van der Waals surface area contributed by atoms with Crippen molar-refractivity contribution < 1.29 is 31.2 Å². The Kier molecular flexibility index (Phi) is 9.93. The van der Waals surface area contributed by atoms with Crippen LogP contribution in [0.15, 0.2) is 84.9 Å². The van der Waals surface area contributed by atoms with E-state index in [4.69, 9.17) is 0 Å². The number of sulfonamides is 1. The highest BCUT2D eigenvalue weighted by atomic mass is 32.2. The van der Waals surface area contributed by atoms with Crippen molar-refractivity contribution >= 4 is 27.5 Å². The van der Waals surface area contributed by atoms with Crippen LogP contribution in [0.5, 0.6) is 0 Å². The molecule has 42 heavy (non-hydrogen) atoms. The molecule has 0 radical (unpaired) electrons. The van der Waals surface area contributed by atoms with E-state index in [9.17, 15) is 31.2 Å². The van der Waals surface area contributed by atoms with Gasteiger partial charge in [-0.05, 0) is 42.2 Å². The van der Waals surface area contributed by atoms with Gasteiger partial charge in [0.05, 0.1) is 17.5 Å². The third-order valence-electron chi connectivity index (χ3n) is 7.31. The van der Waals surface area contributed by atoms with E-state index < -0.39 is 40.3 Å². The van der Waals surface area contributed by atoms with E-state index in [1.54, 1.807) is 24.3 Å². The Labute approximate surface area is 244 Å². The highest BCUT2D eigenvalue weighted by molar-refractivity contribution is 7.92. The number of carbonyl (C=O) groups excluding carboxylic acids is 2. The molecule has 1 fully saturated rings. The van der Waals surface area contributed by atoms with E-state index in [1.807, 2.05) is 36.4 Å². The van der Waals surface area contributed by atoms with Crippen molar-refractivity contribution in [3.05, 3.63) is 102 Å². The van der Waals surface area contributed by atoms with Crippen LogP contribution in [0, 0.1) is 0 Å². The first-order chi connectivity index (χ1) is 19.9. The number of hydrogen-bond donors (Lipinski definition) is 1. The van der Waals surface area contributed by atoms with Gasteiger partial charge in [-0.25, -0.2) is 8.42 Å². The maximum Gasteiger partial charge on any atom is 0.416 e. The van der Waals surface area contributed by atoms with Gasteiger partial charge in [0.2, 0.25) is 21.8 Å². The highest BCUT2D eigenvalue weighted by Crippen LogP contribution is 2.32. The molecule has 0 spiro atoms. The number of anilines is 1. The maximum atomic E-state index is 14.1. The monoisotopic (exact) mass is 601 g/mol. The van der Waals surface area contributed by atoms with Crippen LogP contribution in [0.2, 0.25) is 0 Å². The summed E-state index contributed by atoms with van der Waals surface area (Å²) in [5.74, 6) is -1.08. The normalized spacial score (nSPS) is 14.8. The lowest BCUT2D eigenvalue weighted by molar-refractivity contribution is -0.140. The molecule has 0 aromatic heterocycles. The van der Waals surface area contributed by atoms with Gasteiger partial charge >= 0.3 is 6.18 Å². The molecule has 0 unspecified atom stereocenters. The molecule has 1 aliphatic rings. The van der Waals surface area contributed by atoms with E-state index in [0.717, 1.165) is 49.6 Å². The van der Waals surface area contributed by atoms with Gasteiger partial charge < -0.3 is 10.2 Å². The number of carbonyl (C=O) groups is 2. The first-order valence-electron chi connectivity index (χ1n) is 13.7. The van der Waals surface area contributed by atoms with Crippen LogP contribution >= 0.6 is 0 Å².